The third kappa shape index (κ3) is 18.3. The van der Waals surface area contributed by atoms with Gasteiger partial charge in [0.1, 0.15) is 0 Å². The molecule has 0 saturated carbocycles. The minimum Gasteiger partial charge on any atom is -0.748 e. The van der Waals surface area contributed by atoms with Crippen LogP contribution in [-0.4, -0.2) is 29.9 Å². The first-order valence-corrected chi connectivity index (χ1v) is 11.0. The molecule has 0 aliphatic rings. The molecule has 0 saturated heterocycles. The maximum Gasteiger partial charge on any atom is 1.00 e. The van der Waals surface area contributed by atoms with Gasteiger partial charge < -0.3 is 9.66 Å². The standard InChI is InChI=1S/C18H38O4S.K/c1-2-3-4-12-15-18(23(20,21)22)16-13-10-8-6-5-7-9-11-14-17-19;/h18-19H,2-17H2,1H3,(H,20,21,22);/q;+1/p-1. The molecule has 0 aliphatic carbocycles. The number of unbranched alkanes of at least 4 members (excludes halogenated alkanes) is 11. The molecule has 1 N–H and O–H groups in total. The van der Waals surface area contributed by atoms with Crippen LogP contribution in [0.5, 0.6) is 0 Å². The van der Waals surface area contributed by atoms with Crippen molar-refractivity contribution in [2.75, 3.05) is 6.61 Å². The molecular weight excluding hydrogens is 351 g/mol. The summed E-state index contributed by atoms with van der Waals surface area (Å²) >= 11 is 0. The van der Waals surface area contributed by atoms with Crippen LogP contribution in [0.4, 0.5) is 0 Å². The smallest absolute Gasteiger partial charge is 0.748 e. The Morgan fingerprint density at radius 1 is 0.750 bits per heavy atom. The molecule has 0 aliphatic heterocycles. The Bertz CT molecular complexity index is 347. The predicted molar refractivity (Wildman–Crippen MR) is 95.5 cm³/mol. The number of aliphatic hydroxyl groups excluding tert-OH is 1. The van der Waals surface area contributed by atoms with Crippen LogP contribution in [-0.2, 0) is 10.1 Å². The average Bonchev–Trinajstić information content (AvgIpc) is 2.50. The summed E-state index contributed by atoms with van der Waals surface area (Å²) in [6, 6.07) is 0. The molecule has 140 valence electrons. The molecule has 0 radical (unpaired) electrons. The van der Waals surface area contributed by atoms with Crippen molar-refractivity contribution in [2.45, 2.75) is 108 Å². The van der Waals surface area contributed by atoms with Crippen molar-refractivity contribution in [3.05, 3.63) is 0 Å². The zero-order valence-electron chi connectivity index (χ0n) is 16.0. The van der Waals surface area contributed by atoms with Crippen molar-refractivity contribution < 1.29 is 69.5 Å². The van der Waals surface area contributed by atoms with E-state index < -0.39 is 15.4 Å². The molecule has 4 nitrogen and oxygen atoms in total. The van der Waals surface area contributed by atoms with Gasteiger partial charge in [-0.25, -0.2) is 8.42 Å². The zero-order valence-corrected chi connectivity index (χ0v) is 19.9. The molecule has 1 atom stereocenters. The molecule has 0 bridgehead atoms. The zero-order chi connectivity index (χ0) is 17.4. The van der Waals surface area contributed by atoms with Crippen LogP contribution in [0.3, 0.4) is 0 Å². The van der Waals surface area contributed by atoms with Crippen molar-refractivity contribution in [3.63, 3.8) is 0 Å². The molecular formula is C18H37KO4S. The molecule has 1 unspecified atom stereocenters. The maximum atomic E-state index is 11.3. The quantitative estimate of drug-likeness (QED) is 0.234. The van der Waals surface area contributed by atoms with E-state index in [9.17, 15) is 13.0 Å². The Hall–Kier alpha value is 1.51. The molecule has 0 fully saturated rings. The van der Waals surface area contributed by atoms with Gasteiger partial charge in [-0.3, -0.25) is 0 Å². The molecule has 0 aromatic carbocycles. The van der Waals surface area contributed by atoms with E-state index in [2.05, 4.69) is 6.92 Å². The van der Waals surface area contributed by atoms with E-state index in [1.807, 2.05) is 0 Å². The van der Waals surface area contributed by atoms with E-state index in [1.54, 1.807) is 0 Å². The van der Waals surface area contributed by atoms with Gasteiger partial charge in [0.15, 0.2) is 0 Å². The first kappa shape index (κ1) is 27.7. The van der Waals surface area contributed by atoms with E-state index >= 15 is 0 Å². The fourth-order valence-corrected chi connectivity index (χ4v) is 3.86. The van der Waals surface area contributed by atoms with E-state index in [1.165, 1.54) is 25.7 Å². The normalized spacial score (nSPS) is 12.8. The molecule has 0 amide bonds. The summed E-state index contributed by atoms with van der Waals surface area (Å²) in [5.41, 5.74) is 0. The molecule has 0 aromatic rings. The van der Waals surface area contributed by atoms with Gasteiger partial charge in [-0.15, -0.1) is 0 Å². The van der Waals surface area contributed by atoms with Gasteiger partial charge in [0, 0.05) is 11.9 Å². The van der Waals surface area contributed by atoms with Crippen molar-refractivity contribution in [3.8, 4) is 0 Å². The van der Waals surface area contributed by atoms with E-state index in [-0.39, 0.29) is 51.4 Å². The summed E-state index contributed by atoms with van der Waals surface area (Å²) in [5, 5.41) is 8.02. The van der Waals surface area contributed by atoms with Crippen LogP contribution in [0.2, 0.25) is 0 Å². The van der Waals surface area contributed by atoms with E-state index in [0.29, 0.717) is 19.4 Å². The average molecular weight is 389 g/mol. The van der Waals surface area contributed by atoms with Gasteiger partial charge in [0.25, 0.3) is 0 Å². The monoisotopic (exact) mass is 388 g/mol. The van der Waals surface area contributed by atoms with Crippen LogP contribution >= 0.6 is 0 Å². The second-order valence-electron chi connectivity index (χ2n) is 6.66. The molecule has 0 aromatic heterocycles. The maximum absolute atomic E-state index is 11.3. The minimum absolute atomic E-state index is 0. The van der Waals surface area contributed by atoms with Crippen LogP contribution < -0.4 is 51.4 Å². The Morgan fingerprint density at radius 3 is 1.50 bits per heavy atom. The third-order valence-corrected chi connectivity index (χ3v) is 5.76. The van der Waals surface area contributed by atoms with Crippen LogP contribution in [0.25, 0.3) is 0 Å². The summed E-state index contributed by atoms with van der Waals surface area (Å²) in [7, 11) is -4.13. The van der Waals surface area contributed by atoms with Gasteiger partial charge in [0.05, 0.1) is 10.1 Å². The largest absolute Gasteiger partial charge is 1.00 e. The number of rotatable bonds is 17. The summed E-state index contributed by atoms with van der Waals surface area (Å²) in [4.78, 5) is 0. The van der Waals surface area contributed by atoms with Crippen LogP contribution in [0.1, 0.15) is 103 Å². The van der Waals surface area contributed by atoms with Crippen molar-refractivity contribution in [1.29, 1.82) is 0 Å². The number of hydrogen-bond donors (Lipinski definition) is 1. The molecule has 0 heterocycles. The first-order chi connectivity index (χ1) is 11.0. The second kappa shape index (κ2) is 19.3. The van der Waals surface area contributed by atoms with Gasteiger partial charge in [-0.2, -0.15) is 0 Å². The van der Waals surface area contributed by atoms with Gasteiger partial charge in [0.2, 0.25) is 0 Å². The van der Waals surface area contributed by atoms with Crippen molar-refractivity contribution in [1.82, 2.24) is 0 Å². The topological polar surface area (TPSA) is 77.4 Å². The molecule has 24 heavy (non-hydrogen) atoms. The van der Waals surface area contributed by atoms with E-state index in [4.69, 9.17) is 5.11 Å². The number of aliphatic hydroxyl groups is 1. The summed E-state index contributed by atoms with van der Waals surface area (Å²) in [6.45, 7) is 2.41. The van der Waals surface area contributed by atoms with E-state index in [0.717, 1.165) is 57.8 Å². The Kier molecular flexibility index (Phi) is 22.3. The fraction of sp³-hybridized carbons (Fsp3) is 1.00. The summed E-state index contributed by atoms with van der Waals surface area (Å²) < 4.78 is 33.9. The minimum atomic E-state index is -4.13. The van der Waals surface area contributed by atoms with Gasteiger partial charge in [-0.1, -0.05) is 84.0 Å². The predicted octanol–water partition coefficient (Wildman–Crippen LogP) is 1.77. The molecule has 0 rings (SSSR count). The Balaban J connectivity index is 0. The third-order valence-electron chi connectivity index (χ3n) is 4.47. The first-order valence-electron chi connectivity index (χ1n) is 9.58. The van der Waals surface area contributed by atoms with Crippen LogP contribution in [0.15, 0.2) is 0 Å². The fourth-order valence-electron chi connectivity index (χ4n) is 2.95. The molecule has 0 spiro atoms. The van der Waals surface area contributed by atoms with Gasteiger partial charge >= 0.3 is 51.4 Å². The van der Waals surface area contributed by atoms with Gasteiger partial charge in [-0.05, 0) is 19.3 Å². The summed E-state index contributed by atoms with van der Waals surface area (Å²) in [5.74, 6) is 0. The SMILES string of the molecule is CCCCCCC(CCCCCCCCCCCO)S(=O)(=O)[O-].[K+]. The Morgan fingerprint density at radius 2 is 1.12 bits per heavy atom. The second-order valence-corrected chi connectivity index (χ2v) is 8.31. The number of hydrogen-bond acceptors (Lipinski definition) is 4. The molecule has 6 heteroatoms. The summed E-state index contributed by atoms with van der Waals surface area (Å²) in [6.07, 6.45) is 15.0. The van der Waals surface area contributed by atoms with Crippen molar-refractivity contribution >= 4 is 10.1 Å². The van der Waals surface area contributed by atoms with Crippen LogP contribution in [0, 0.1) is 0 Å². The van der Waals surface area contributed by atoms with Crippen molar-refractivity contribution in [2.24, 2.45) is 0 Å². The Labute approximate surface area is 192 Å².